The van der Waals surface area contributed by atoms with Crippen molar-refractivity contribution in [1.82, 2.24) is 0 Å². The van der Waals surface area contributed by atoms with Gasteiger partial charge in [-0.1, -0.05) is 70.0 Å². The van der Waals surface area contributed by atoms with Crippen LogP contribution in [0.15, 0.2) is 71.2 Å². The molecule has 4 nitrogen and oxygen atoms in total. The van der Waals surface area contributed by atoms with Crippen molar-refractivity contribution < 1.29 is 14.7 Å². The van der Waals surface area contributed by atoms with Crippen molar-refractivity contribution in [3.8, 4) is 0 Å². The van der Waals surface area contributed by atoms with E-state index in [1.54, 1.807) is 41.3 Å². The Bertz CT molecular complexity index is 1140. The predicted octanol–water partition coefficient (Wildman–Crippen LogP) is 5.07. The smallest absolute Gasteiger partial charge is 0.264 e. The van der Waals surface area contributed by atoms with Crippen molar-refractivity contribution in [1.29, 1.82) is 0 Å². The molecule has 3 aromatic rings. The lowest BCUT2D eigenvalue weighted by molar-refractivity contribution is -0.136. The van der Waals surface area contributed by atoms with Gasteiger partial charge in [0.05, 0.1) is 18.7 Å². The summed E-state index contributed by atoms with van der Waals surface area (Å²) >= 11 is 3.35. The fraction of sp³-hybridized carbons (Fsp3) is 0.200. The third-order valence-electron chi connectivity index (χ3n) is 5.66. The lowest BCUT2D eigenvalue weighted by Crippen LogP contribution is -2.41. The number of hydrogen-bond acceptors (Lipinski definition) is 3. The van der Waals surface area contributed by atoms with E-state index < -0.39 is 11.5 Å². The molecule has 152 valence electrons. The van der Waals surface area contributed by atoms with Crippen molar-refractivity contribution in [3.05, 3.63) is 99.0 Å². The number of nitrogens with zero attached hydrogens (tertiary/aromatic N) is 1. The van der Waals surface area contributed by atoms with E-state index in [1.807, 2.05) is 38.1 Å². The number of fused-ring (bicyclic) bond motifs is 1. The summed E-state index contributed by atoms with van der Waals surface area (Å²) in [5, 5.41) is 11.4. The van der Waals surface area contributed by atoms with Crippen LogP contribution in [0.3, 0.4) is 0 Å². The summed E-state index contributed by atoms with van der Waals surface area (Å²) in [6, 6.07) is 20.2. The van der Waals surface area contributed by atoms with Crippen molar-refractivity contribution >= 4 is 33.3 Å². The third-order valence-corrected chi connectivity index (χ3v) is 6.18. The lowest BCUT2D eigenvalue weighted by Gasteiger charge is -2.23. The number of ketones is 1. The van der Waals surface area contributed by atoms with Crippen LogP contribution in [0.2, 0.25) is 0 Å². The Kier molecular flexibility index (Phi) is 5.35. The standard InChI is InChI=1S/C25H22BrNO3/c1-16-7-8-17(2)19(13-16)15-27-22-6-4-3-5-21(22)25(30,24(27)29)14-23(28)18-9-11-20(26)12-10-18/h3-13,30H,14-15H2,1-2H3/t25-/m0/s1. The molecule has 0 bridgehead atoms. The quantitative estimate of drug-likeness (QED) is 0.537. The Morgan fingerprint density at radius 3 is 2.47 bits per heavy atom. The molecule has 1 N–H and O–H groups in total. The number of rotatable bonds is 5. The van der Waals surface area contributed by atoms with E-state index in [0.29, 0.717) is 23.4 Å². The second-order valence-corrected chi connectivity index (χ2v) is 8.72. The topological polar surface area (TPSA) is 57.6 Å². The molecule has 0 spiro atoms. The Morgan fingerprint density at radius 1 is 1.03 bits per heavy atom. The fourth-order valence-corrected chi connectivity index (χ4v) is 4.21. The van der Waals surface area contributed by atoms with Crippen molar-refractivity contribution in [2.75, 3.05) is 4.90 Å². The first-order chi connectivity index (χ1) is 14.3. The van der Waals surface area contributed by atoms with Crippen molar-refractivity contribution in [3.63, 3.8) is 0 Å². The zero-order valence-electron chi connectivity index (χ0n) is 16.9. The highest BCUT2D eigenvalue weighted by atomic mass is 79.9. The highest BCUT2D eigenvalue weighted by Crippen LogP contribution is 2.43. The number of hydrogen-bond donors (Lipinski definition) is 1. The monoisotopic (exact) mass is 463 g/mol. The van der Waals surface area contributed by atoms with Crippen LogP contribution in [-0.2, 0) is 16.9 Å². The molecule has 0 saturated carbocycles. The molecule has 1 aliphatic rings. The minimum atomic E-state index is -1.88. The summed E-state index contributed by atoms with van der Waals surface area (Å²) in [5.41, 5.74) is 2.91. The van der Waals surface area contributed by atoms with Gasteiger partial charge in [0.15, 0.2) is 11.4 Å². The SMILES string of the molecule is Cc1ccc(C)c(CN2C(=O)[C@](O)(CC(=O)c3ccc(Br)cc3)c3ccccc32)c1. The lowest BCUT2D eigenvalue weighted by atomic mass is 9.88. The molecule has 30 heavy (non-hydrogen) atoms. The number of aryl methyl sites for hydroxylation is 2. The number of para-hydroxylation sites is 1. The second kappa shape index (κ2) is 7.82. The van der Waals surface area contributed by atoms with E-state index in [-0.39, 0.29) is 12.2 Å². The minimum absolute atomic E-state index is 0.276. The molecule has 5 heteroatoms. The summed E-state index contributed by atoms with van der Waals surface area (Å²) in [7, 11) is 0. The van der Waals surface area contributed by atoms with Crippen LogP contribution in [0.1, 0.15) is 39.0 Å². The molecule has 4 rings (SSSR count). The van der Waals surface area contributed by atoms with Crippen molar-refractivity contribution in [2.45, 2.75) is 32.4 Å². The van der Waals surface area contributed by atoms with Gasteiger partial charge in [0.1, 0.15) is 0 Å². The molecule has 0 fully saturated rings. The fourth-order valence-electron chi connectivity index (χ4n) is 3.95. The zero-order chi connectivity index (χ0) is 21.5. The molecule has 1 amide bonds. The van der Waals surface area contributed by atoms with Gasteiger partial charge in [-0.15, -0.1) is 0 Å². The van der Waals surface area contributed by atoms with Gasteiger partial charge in [-0.2, -0.15) is 0 Å². The summed E-state index contributed by atoms with van der Waals surface area (Å²) < 4.78 is 0.861. The Morgan fingerprint density at radius 2 is 1.73 bits per heavy atom. The first-order valence-corrected chi connectivity index (χ1v) is 10.6. The number of aliphatic hydroxyl groups is 1. The van der Waals surface area contributed by atoms with Crippen LogP contribution < -0.4 is 4.90 Å². The third kappa shape index (κ3) is 3.59. The summed E-state index contributed by atoms with van der Waals surface area (Å²) in [6.45, 7) is 4.36. The maximum Gasteiger partial charge on any atom is 0.264 e. The predicted molar refractivity (Wildman–Crippen MR) is 121 cm³/mol. The molecule has 0 aromatic heterocycles. The average Bonchev–Trinajstić information content (AvgIpc) is 2.93. The first-order valence-electron chi connectivity index (χ1n) is 9.78. The van der Waals surface area contributed by atoms with E-state index in [4.69, 9.17) is 0 Å². The summed E-state index contributed by atoms with van der Waals surface area (Å²) in [6.07, 6.45) is -0.298. The Labute approximate surface area is 184 Å². The molecule has 0 radical (unpaired) electrons. The van der Waals surface area contributed by atoms with Gasteiger partial charge in [0.25, 0.3) is 5.91 Å². The van der Waals surface area contributed by atoms with E-state index in [2.05, 4.69) is 22.0 Å². The molecular formula is C25H22BrNO3. The maximum absolute atomic E-state index is 13.4. The molecule has 3 aromatic carbocycles. The van der Waals surface area contributed by atoms with Crippen LogP contribution in [0.4, 0.5) is 5.69 Å². The summed E-state index contributed by atoms with van der Waals surface area (Å²) in [5.74, 6) is -0.739. The van der Waals surface area contributed by atoms with Gasteiger partial charge in [0, 0.05) is 15.6 Å². The molecule has 1 aliphatic heterocycles. The summed E-state index contributed by atoms with van der Waals surface area (Å²) in [4.78, 5) is 27.9. The van der Waals surface area contributed by atoms with Crippen LogP contribution in [-0.4, -0.2) is 16.8 Å². The van der Waals surface area contributed by atoms with Gasteiger partial charge < -0.3 is 10.0 Å². The molecule has 0 unspecified atom stereocenters. The largest absolute Gasteiger partial charge is 0.375 e. The number of Topliss-reactive ketones (excluding diaryl/α,β-unsaturated/α-hetero) is 1. The molecule has 1 atom stereocenters. The number of anilines is 1. The first kappa shape index (κ1) is 20.5. The number of carbonyl (C=O) groups is 2. The highest BCUT2D eigenvalue weighted by Gasteiger charge is 2.50. The maximum atomic E-state index is 13.4. The van der Waals surface area contributed by atoms with Gasteiger partial charge in [-0.25, -0.2) is 0 Å². The van der Waals surface area contributed by atoms with Gasteiger partial charge >= 0.3 is 0 Å². The average molecular weight is 464 g/mol. The minimum Gasteiger partial charge on any atom is -0.375 e. The van der Waals surface area contributed by atoms with Crippen LogP contribution in [0.5, 0.6) is 0 Å². The number of amides is 1. The highest BCUT2D eigenvalue weighted by molar-refractivity contribution is 9.10. The van der Waals surface area contributed by atoms with E-state index in [0.717, 1.165) is 21.2 Å². The normalized spacial score (nSPS) is 17.9. The number of halogens is 1. The van der Waals surface area contributed by atoms with Gasteiger partial charge in [0.2, 0.25) is 0 Å². The molecule has 1 heterocycles. The molecule has 0 saturated heterocycles. The Hall–Kier alpha value is -2.76. The Balaban J connectivity index is 1.69. The van der Waals surface area contributed by atoms with Gasteiger partial charge in [-0.3, -0.25) is 9.59 Å². The van der Waals surface area contributed by atoms with E-state index >= 15 is 0 Å². The van der Waals surface area contributed by atoms with E-state index in [9.17, 15) is 14.7 Å². The van der Waals surface area contributed by atoms with Crippen molar-refractivity contribution in [2.24, 2.45) is 0 Å². The second-order valence-electron chi connectivity index (χ2n) is 7.81. The van der Waals surface area contributed by atoms with E-state index in [1.165, 1.54) is 0 Å². The zero-order valence-corrected chi connectivity index (χ0v) is 18.4. The van der Waals surface area contributed by atoms with Crippen LogP contribution in [0, 0.1) is 13.8 Å². The number of carbonyl (C=O) groups excluding carboxylic acids is 2. The molecular weight excluding hydrogens is 442 g/mol. The van der Waals surface area contributed by atoms with Gasteiger partial charge in [-0.05, 0) is 43.2 Å². The molecule has 0 aliphatic carbocycles. The van der Waals surface area contributed by atoms with Crippen LogP contribution in [0.25, 0.3) is 0 Å². The number of benzene rings is 3. The van der Waals surface area contributed by atoms with Crippen LogP contribution >= 0.6 is 15.9 Å².